The summed E-state index contributed by atoms with van der Waals surface area (Å²) in [6.45, 7) is 0. The van der Waals surface area contributed by atoms with Crippen molar-refractivity contribution in [3.05, 3.63) is 28.5 Å². The van der Waals surface area contributed by atoms with Gasteiger partial charge in [0.2, 0.25) is 0 Å². The summed E-state index contributed by atoms with van der Waals surface area (Å²) in [5.74, 6) is 3.34. The second kappa shape index (κ2) is 4.83. The molecule has 0 unspecified atom stereocenters. The van der Waals surface area contributed by atoms with Crippen molar-refractivity contribution in [1.82, 2.24) is 10.3 Å². The molecule has 4 fully saturated rings. The quantitative estimate of drug-likeness (QED) is 0.842. The first-order chi connectivity index (χ1) is 9.70. The number of pyridine rings is 1. The molecule has 4 aliphatic carbocycles. The van der Waals surface area contributed by atoms with E-state index < -0.39 is 0 Å². The number of hydrogen-bond donors (Lipinski definition) is 1. The highest BCUT2D eigenvalue weighted by atomic mass is 79.9. The van der Waals surface area contributed by atoms with E-state index >= 15 is 0 Å². The molecule has 20 heavy (non-hydrogen) atoms. The smallest absolute Gasteiger partial charge is 0.254 e. The first kappa shape index (κ1) is 12.8. The number of carbonyl (C=O) groups is 1. The number of rotatable bonds is 2. The number of nitrogens with zero attached hydrogens (tertiary/aromatic N) is 1. The predicted octanol–water partition coefficient (Wildman–Crippen LogP) is 3.40. The van der Waals surface area contributed by atoms with E-state index in [-0.39, 0.29) is 5.91 Å². The molecule has 3 nitrogen and oxygen atoms in total. The van der Waals surface area contributed by atoms with Crippen molar-refractivity contribution in [2.24, 2.45) is 23.7 Å². The third kappa shape index (κ3) is 2.09. The summed E-state index contributed by atoms with van der Waals surface area (Å²) >= 11 is 3.37. The van der Waals surface area contributed by atoms with Crippen LogP contribution in [0.2, 0.25) is 0 Å². The molecule has 4 aliphatic rings. The van der Waals surface area contributed by atoms with Gasteiger partial charge in [-0.1, -0.05) is 0 Å². The van der Waals surface area contributed by atoms with Gasteiger partial charge in [0.05, 0.1) is 5.56 Å². The molecule has 0 atom stereocenters. The molecular formula is C16H19BrN2O. The summed E-state index contributed by atoms with van der Waals surface area (Å²) < 4.78 is 0.640. The molecule has 0 saturated heterocycles. The molecule has 4 bridgehead atoms. The highest BCUT2D eigenvalue weighted by molar-refractivity contribution is 9.10. The van der Waals surface area contributed by atoms with Crippen molar-refractivity contribution in [3.63, 3.8) is 0 Å². The Labute approximate surface area is 127 Å². The predicted molar refractivity (Wildman–Crippen MR) is 80.2 cm³/mol. The van der Waals surface area contributed by atoms with Gasteiger partial charge in [-0.3, -0.25) is 4.79 Å². The van der Waals surface area contributed by atoms with Crippen LogP contribution in [0.1, 0.15) is 42.5 Å². The highest BCUT2D eigenvalue weighted by Crippen LogP contribution is 2.53. The molecular weight excluding hydrogens is 316 g/mol. The molecule has 4 saturated carbocycles. The van der Waals surface area contributed by atoms with Crippen molar-refractivity contribution in [2.75, 3.05) is 0 Å². The molecule has 1 amide bonds. The minimum absolute atomic E-state index is 0.0300. The molecule has 0 aromatic carbocycles. The lowest BCUT2D eigenvalue weighted by atomic mass is 9.54. The zero-order valence-corrected chi connectivity index (χ0v) is 13.0. The summed E-state index contributed by atoms with van der Waals surface area (Å²) in [6, 6.07) is 4.04. The molecule has 5 rings (SSSR count). The van der Waals surface area contributed by atoms with Gasteiger partial charge in [0, 0.05) is 12.2 Å². The van der Waals surface area contributed by atoms with Crippen molar-refractivity contribution in [3.8, 4) is 0 Å². The number of hydrogen-bond acceptors (Lipinski definition) is 2. The van der Waals surface area contributed by atoms with Gasteiger partial charge in [-0.25, -0.2) is 4.98 Å². The normalized spacial score (nSPS) is 38.0. The van der Waals surface area contributed by atoms with Gasteiger partial charge in [0.1, 0.15) is 4.60 Å². The maximum Gasteiger partial charge on any atom is 0.254 e. The average Bonchev–Trinajstić information content (AvgIpc) is 2.42. The number of nitrogens with one attached hydrogen (secondary N) is 1. The Morgan fingerprint density at radius 3 is 2.40 bits per heavy atom. The van der Waals surface area contributed by atoms with Crippen LogP contribution in [0.5, 0.6) is 0 Å². The second-order valence-electron chi connectivity index (χ2n) is 6.77. The van der Waals surface area contributed by atoms with Gasteiger partial charge < -0.3 is 5.32 Å². The molecule has 1 aromatic heterocycles. The van der Waals surface area contributed by atoms with Crippen LogP contribution in [-0.2, 0) is 0 Å². The van der Waals surface area contributed by atoms with Gasteiger partial charge in [0.25, 0.3) is 5.91 Å². The maximum absolute atomic E-state index is 12.5. The summed E-state index contributed by atoms with van der Waals surface area (Å²) in [7, 11) is 0. The number of amides is 1. The third-order valence-electron chi connectivity index (χ3n) is 5.53. The zero-order valence-electron chi connectivity index (χ0n) is 11.4. The monoisotopic (exact) mass is 334 g/mol. The molecule has 0 radical (unpaired) electrons. The van der Waals surface area contributed by atoms with E-state index in [0.29, 0.717) is 28.0 Å². The zero-order chi connectivity index (χ0) is 13.7. The lowest BCUT2D eigenvalue weighted by molar-refractivity contribution is -0.0119. The summed E-state index contributed by atoms with van der Waals surface area (Å²) in [6.07, 6.45) is 8.45. The second-order valence-corrected chi connectivity index (χ2v) is 7.52. The van der Waals surface area contributed by atoms with E-state index in [9.17, 15) is 4.79 Å². The van der Waals surface area contributed by atoms with E-state index in [1.165, 1.54) is 32.1 Å². The van der Waals surface area contributed by atoms with Crippen molar-refractivity contribution in [2.45, 2.75) is 38.1 Å². The molecule has 106 valence electrons. The van der Waals surface area contributed by atoms with E-state index in [1.54, 1.807) is 6.20 Å². The van der Waals surface area contributed by atoms with Crippen LogP contribution in [-0.4, -0.2) is 16.9 Å². The molecule has 1 aromatic rings. The Kier molecular flexibility index (Phi) is 3.09. The van der Waals surface area contributed by atoms with Crippen LogP contribution in [0.4, 0.5) is 0 Å². The topological polar surface area (TPSA) is 42.0 Å². The maximum atomic E-state index is 12.5. The molecule has 1 N–H and O–H groups in total. The van der Waals surface area contributed by atoms with Gasteiger partial charge in [0.15, 0.2) is 0 Å². The van der Waals surface area contributed by atoms with Gasteiger partial charge >= 0.3 is 0 Å². The summed E-state index contributed by atoms with van der Waals surface area (Å²) in [4.78, 5) is 16.6. The lowest BCUT2D eigenvalue weighted by Crippen LogP contribution is -2.55. The Bertz CT molecular complexity index is 517. The molecule has 0 spiro atoms. The van der Waals surface area contributed by atoms with Gasteiger partial charge in [-0.05, 0) is 83.8 Å². The Balaban J connectivity index is 1.52. The highest BCUT2D eigenvalue weighted by Gasteiger charge is 2.48. The van der Waals surface area contributed by atoms with Crippen molar-refractivity contribution < 1.29 is 4.79 Å². The Morgan fingerprint density at radius 1 is 1.15 bits per heavy atom. The Hall–Kier alpha value is -0.900. The number of halogens is 1. The van der Waals surface area contributed by atoms with Crippen LogP contribution in [0, 0.1) is 23.7 Å². The first-order valence-corrected chi connectivity index (χ1v) is 8.41. The average molecular weight is 335 g/mol. The largest absolute Gasteiger partial charge is 0.349 e. The SMILES string of the molecule is O=C(NC1C2CC3CC(C2)CC1C3)c1cccnc1Br. The molecule has 0 aliphatic heterocycles. The number of aromatic nitrogens is 1. The standard InChI is InChI=1S/C16H19BrN2O/c17-15-13(2-1-3-18-15)16(20)19-14-11-5-9-4-10(7-11)8-12(14)6-9/h1-3,9-12,14H,4-8H2,(H,19,20). The minimum atomic E-state index is 0.0300. The number of carbonyl (C=O) groups excluding carboxylic acids is 1. The fraction of sp³-hybridized carbons (Fsp3) is 0.625. The van der Waals surface area contributed by atoms with Crippen LogP contribution in [0.25, 0.3) is 0 Å². The lowest BCUT2D eigenvalue weighted by Gasteiger charge is -2.54. The van der Waals surface area contributed by atoms with Crippen LogP contribution in [0.3, 0.4) is 0 Å². The Morgan fingerprint density at radius 2 is 1.80 bits per heavy atom. The van der Waals surface area contributed by atoms with E-state index in [2.05, 4.69) is 26.2 Å². The van der Waals surface area contributed by atoms with Crippen LogP contribution >= 0.6 is 15.9 Å². The fourth-order valence-corrected chi connectivity index (χ4v) is 5.38. The van der Waals surface area contributed by atoms with Gasteiger partial charge in [-0.15, -0.1) is 0 Å². The molecule has 4 heteroatoms. The van der Waals surface area contributed by atoms with Crippen LogP contribution in [0.15, 0.2) is 22.9 Å². The summed E-state index contributed by atoms with van der Waals surface area (Å²) in [5, 5.41) is 3.31. The van der Waals surface area contributed by atoms with E-state index in [0.717, 1.165) is 11.8 Å². The molecule has 1 heterocycles. The minimum Gasteiger partial charge on any atom is -0.349 e. The fourth-order valence-electron chi connectivity index (χ4n) is 4.95. The van der Waals surface area contributed by atoms with E-state index in [1.807, 2.05) is 12.1 Å². The van der Waals surface area contributed by atoms with Crippen LogP contribution < -0.4 is 5.32 Å². The van der Waals surface area contributed by atoms with Gasteiger partial charge in [-0.2, -0.15) is 0 Å². The van der Waals surface area contributed by atoms with E-state index in [4.69, 9.17) is 0 Å². The summed E-state index contributed by atoms with van der Waals surface area (Å²) in [5.41, 5.74) is 0.654. The van der Waals surface area contributed by atoms with Crippen molar-refractivity contribution >= 4 is 21.8 Å². The third-order valence-corrected chi connectivity index (χ3v) is 6.16. The first-order valence-electron chi connectivity index (χ1n) is 7.62. The van der Waals surface area contributed by atoms with Crippen molar-refractivity contribution in [1.29, 1.82) is 0 Å².